The number of nitrogens with one attached hydrogen (secondary N) is 2. The van der Waals surface area contributed by atoms with Gasteiger partial charge in [0, 0.05) is 17.7 Å². The van der Waals surface area contributed by atoms with Gasteiger partial charge < -0.3 is 20.3 Å². The van der Waals surface area contributed by atoms with Gasteiger partial charge in [0.05, 0.1) is 17.7 Å². The van der Waals surface area contributed by atoms with E-state index in [9.17, 15) is 29.4 Å². The molecule has 11 heteroatoms. The van der Waals surface area contributed by atoms with Crippen molar-refractivity contribution in [2.24, 2.45) is 0 Å². The molecule has 0 saturated heterocycles. The fraction of sp³-hybridized carbons (Fsp3) is 0.154. The molecule has 0 bridgehead atoms. The lowest BCUT2D eigenvalue weighted by molar-refractivity contribution is -0.139. The van der Waals surface area contributed by atoms with E-state index in [1.165, 1.54) is 56.5 Å². The molecule has 4 N–H and O–H groups in total. The van der Waals surface area contributed by atoms with Crippen LogP contribution in [0.25, 0.3) is 0 Å². The molecule has 192 valence electrons. The number of hydrogen-bond donors (Lipinski definition) is 4. The van der Waals surface area contributed by atoms with Crippen LogP contribution in [0.3, 0.4) is 0 Å². The maximum Gasteiger partial charge on any atom is 0.322 e. The van der Waals surface area contributed by atoms with Crippen LogP contribution in [-0.4, -0.2) is 52.1 Å². The number of amides is 3. The van der Waals surface area contributed by atoms with Crippen molar-refractivity contribution in [1.82, 2.24) is 15.8 Å². The smallest absolute Gasteiger partial charge is 0.322 e. The maximum atomic E-state index is 13.3. The van der Waals surface area contributed by atoms with Crippen molar-refractivity contribution >= 4 is 35.3 Å². The number of phenols is 1. The fourth-order valence-electron chi connectivity index (χ4n) is 3.24. The number of carbonyl (C=O) groups is 4. The van der Waals surface area contributed by atoms with Crippen LogP contribution in [0.1, 0.15) is 43.6 Å². The Morgan fingerprint density at radius 3 is 2.35 bits per heavy atom. The first kappa shape index (κ1) is 27.2. The Bertz CT molecular complexity index is 1350. The molecule has 0 radical (unpaired) electrons. The van der Waals surface area contributed by atoms with Crippen LogP contribution in [-0.2, 0) is 11.3 Å². The highest BCUT2D eigenvalue weighted by Crippen LogP contribution is 2.22. The topological polar surface area (TPSA) is 145 Å². The predicted octanol–water partition coefficient (Wildman–Crippen LogP) is 3.24. The van der Waals surface area contributed by atoms with Crippen molar-refractivity contribution < 1.29 is 34.1 Å². The zero-order chi connectivity index (χ0) is 27.1. The molecule has 3 amide bonds. The molecule has 0 aliphatic rings. The van der Waals surface area contributed by atoms with Crippen LogP contribution in [0.5, 0.6) is 11.5 Å². The lowest BCUT2D eigenvalue weighted by atomic mass is 10.1. The number of aliphatic carboxylic acids is 1. The summed E-state index contributed by atoms with van der Waals surface area (Å²) in [5, 5.41) is 22.0. The van der Waals surface area contributed by atoms with Gasteiger partial charge in [-0.15, -0.1) is 0 Å². The second-order valence-corrected chi connectivity index (χ2v) is 8.32. The Labute approximate surface area is 217 Å². The molecule has 0 aromatic heterocycles. The molecule has 3 aromatic rings. The molecule has 0 fully saturated rings. The molecule has 1 atom stereocenters. The Kier molecular flexibility index (Phi) is 8.83. The SMILES string of the molecule is COc1cccc(C(=O)N(N[C@@H](C)C(=O)O)C(=O)c2ccc(C(=O)NCc3cccc(O)c3)cc2Cl)c1. The van der Waals surface area contributed by atoms with Gasteiger partial charge in [-0.25, -0.2) is 10.4 Å². The van der Waals surface area contributed by atoms with Crippen LogP contribution in [0, 0.1) is 0 Å². The number of rotatable bonds is 9. The average Bonchev–Trinajstić information content (AvgIpc) is 2.89. The number of methoxy groups -OCH3 is 1. The van der Waals surface area contributed by atoms with E-state index in [1.807, 2.05) is 0 Å². The standard InChI is InChI=1S/C26H24ClN3O7/c1-15(26(35)36)29-30(24(33)18-6-4-8-20(12-18)37-2)25(34)21-10-9-17(13-22(21)27)23(32)28-14-16-5-3-7-19(31)11-16/h3-13,15,29,31H,14H2,1-2H3,(H,28,32)(H,35,36)/t15-/m0/s1. The van der Waals surface area contributed by atoms with Crippen LogP contribution >= 0.6 is 11.6 Å². The number of ether oxygens (including phenoxy) is 1. The molecule has 0 heterocycles. The number of phenolic OH excluding ortho intramolecular Hbond substituents is 1. The highest BCUT2D eigenvalue weighted by molar-refractivity contribution is 6.34. The van der Waals surface area contributed by atoms with Crippen molar-refractivity contribution in [1.29, 1.82) is 0 Å². The second kappa shape index (κ2) is 12.0. The third-order valence-corrected chi connectivity index (χ3v) is 5.55. The summed E-state index contributed by atoms with van der Waals surface area (Å²) in [6, 6.07) is 15.0. The number of hydrazine groups is 1. The maximum absolute atomic E-state index is 13.3. The Balaban J connectivity index is 1.84. The van der Waals surface area contributed by atoms with E-state index in [1.54, 1.807) is 24.3 Å². The first-order chi connectivity index (χ1) is 17.6. The summed E-state index contributed by atoms with van der Waals surface area (Å²) >= 11 is 6.31. The lowest BCUT2D eigenvalue weighted by Crippen LogP contribution is -2.53. The summed E-state index contributed by atoms with van der Waals surface area (Å²) in [5.41, 5.74) is 3.16. The zero-order valence-corrected chi connectivity index (χ0v) is 20.7. The van der Waals surface area contributed by atoms with E-state index in [4.69, 9.17) is 16.3 Å². The van der Waals surface area contributed by atoms with Crippen LogP contribution in [0.15, 0.2) is 66.7 Å². The molecule has 0 aliphatic carbocycles. The van der Waals surface area contributed by atoms with Gasteiger partial charge in [0.15, 0.2) is 0 Å². The largest absolute Gasteiger partial charge is 0.508 e. The van der Waals surface area contributed by atoms with Gasteiger partial charge in [0.25, 0.3) is 17.7 Å². The van der Waals surface area contributed by atoms with E-state index in [0.29, 0.717) is 16.3 Å². The molecule has 0 spiro atoms. The van der Waals surface area contributed by atoms with Gasteiger partial charge in [-0.1, -0.05) is 29.8 Å². The number of imide groups is 1. The van der Waals surface area contributed by atoms with Gasteiger partial charge in [0.2, 0.25) is 0 Å². The minimum absolute atomic E-state index is 0.0662. The van der Waals surface area contributed by atoms with E-state index in [-0.39, 0.29) is 34.0 Å². The van der Waals surface area contributed by atoms with Crippen LogP contribution < -0.4 is 15.5 Å². The zero-order valence-electron chi connectivity index (χ0n) is 19.9. The molecule has 10 nitrogen and oxygen atoms in total. The molecule has 0 unspecified atom stereocenters. The minimum atomic E-state index is -1.29. The number of aromatic hydroxyl groups is 1. The molecule has 37 heavy (non-hydrogen) atoms. The summed E-state index contributed by atoms with van der Waals surface area (Å²) in [7, 11) is 1.42. The summed E-state index contributed by atoms with van der Waals surface area (Å²) in [6.07, 6.45) is 0. The van der Waals surface area contributed by atoms with E-state index in [2.05, 4.69) is 10.7 Å². The van der Waals surface area contributed by atoms with Gasteiger partial charge in [0.1, 0.15) is 17.5 Å². The Hall–Kier alpha value is -4.41. The summed E-state index contributed by atoms with van der Waals surface area (Å²) < 4.78 is 5.12. The quantitative estimate of drug-likeness (QED) is 0.246. The molecule has 0 saturated carbocycles. The lowest BCUT2D eigenvalue weighted by Gasteiger charge is -2.24. The molecular formula is C26H24ClN3O7. The molecule has 3 aromatic carbocycles. The van der Waals surface area contributed by atoms with Crippen LogP contribution in [0.4, 0.5) is 0 Å². The van der Waals surface area contributed by atoms with E-state index in [0.717, 1.165) is 0 Å². The first-order valence-electron chi connectivity index (χ1n) is 11.0. The van der Waals surface area contributed by atoms with Crippen molar-refractivity contribution in [3.05, 3.63) is 94.0 Å². The number of halogens is 1. The van der Waals surface area contributed by atoms with E-state index >= 15 is 0 Å². The number of carboxylic acids is 1. The van der Waals surface area contributed by atoms with Gasteiger partial charge >= 0.3 is 5.97 Å². The van der Waals surface area contributed by atoms with Gasteiger partial charge in [-0.2, -0.15) is 0 Å². The molecule has 0 aliphatic heterocycles. The third kappa shape index (κ3) is 6.84. The van der Waals surface area contributed by atoms with Crippen LogP contribution in [0.2, 0.25) is 5.02 Å². The number of benzene rings is 3. The second-order valence-electron chi connectivity index (χ2n) is 7.91. The first-order valence-corrected chi connectivity index (χ1v) is 11.4. The normalized spacial score (nSPS) is 11.3. The number of carboxylic acid groups (broad SMARTS) is 1. The monoisotopic (exact) mass is 525 g/mol. The van der Waals surface area contributed by atoms with Crippen molar-refractivity contribution in [2.75, 3.05) is 7.11 Å². The minimum Gasteiger partial charge on any atom is -0.508 e. The fourth-order valence-corrected chi connectivity index (χ4v) is 3.51. The predicted molar refractivity (Wildman–Crippen MR) is 134 cm³/mol. The Morgan fingerprint density at radius 2 is 1.70 bits per heavy atom. The number of carbonyl (C=O) groups excluding carboxylic acids is 3. The Morgan fingerprint density at radius 1 is 0.973 bits per heavy atom. The van der Waals surface area contributed by atoms with Crippen molar-refractivity contribution in [3.8, 4) is 11.5 Å². The van der Waals surface area contributed by atoms with Gasteiger partial charge in [-0.3, -0.25) is 19.2 Å². The van der Waals surface area contributed by atoms with Crippen molar-refractivity contribution in [2.45, 2.75) is 19.5 Å². The van der Waals surface area contributed by atoms with E-state index < -0.39 is 29.7 Å². The average molecular weight is 526 g/mol. The van der Waals surface area contributed by atoms with Gasteiger partial charge in [-0.05, 0) is 61.0 Å². The highest BCUT2D eigenvalue weighted by atomic mass is 35.5. The molecular weight excluding hydrogens is 502 g/mol. The summed E-state index contributed by atoms with van der Waals surface area (Å²) in [6.45, 7) is 1.41. The van der Waals surface area contributed by atoms with Crippen molar-refractivity contribution in [3.63, 3.8) is 0 Å². The molecule has 3 rings (SSSR count). The summed E-state index contributed by atoms with van der Waals surface area (Å²) in [4.78, 5) is 50.5. The summed E-state index contributed by atoms with van der Waals surface area (Å²) in [5.74, 6) is -3.09. The third-order valence-electron chi connectivity index (χ3n) is 5.24. The number of nitrogens with zero attached hydrogens (tertiary/aromatic N) is 1. The highest BCUT2D eigenvalue weighted by Gasteiger charge is 2.29. The number of hydrogen-bond acceptors (Lipinski definition) is 7.